The van der Waals surface area contributed by atoms with Gasteiger partial charge in [-0.2, -0.15) is 0 Å². The van der Waals surface area contributed by atoms with Crippen LogP contribution in [-0.4, -0.2) is 16.1 Å². The Balaban J connectivity index is 1.80. The second-order valence-corrected chi connectivity index (χ2v) is 4.07. The van der Waals surface area contributed by atoms with Crippen LogP contribution in [0.4, 0.5) is 4.39 Å². The Bertz CT molecular complexity index is 466. The number of aromatic nitrogens is 2. The molecule has 1 heterocycles. The first-order chi connectivity index (χ1) is 8.25. The third-order valence-electron chi connectivity index (χ3n) is 2.62. The Morgan fingerprint density at radius 2 is 2.29 bits per heavy atom. The Morgan fingerprint density at radius 1 is 1.41 bits per heavy atom. The molecule has 2 aromatic rings. The van der Waals surface area contributed by atoms with E-state index < -0.39 is 0 Å². The van der Waals surface area contributed by atoms with Gasteiger partial charge in [-0.05, 0) is 13.0 Å². The van der Waals surface area contributed by atoms with E-state index in [1.54, 1.807) is 18.6 Å². The van der Waals surface area contributed by atoms with Gasteiger partial charge in [0.25, 0.3) is 0 Å². The fourth-order valence-corrected chi connectivity index (χ4v) is 1.69. The predicted molar refractivity (Wildman–Crippen MR) is 65.1 cm³/mol. The molecule has 1 N–H and O–H groups in total. The highest BCUT2D eigenvalue weighted by Crippen LogP contribution is 2.09. The average molecular weight is 233 g/mol. The van der Waals surface area contributed by atoms with E-state index in [0.717, 1.165) is 24.2 Å². The van der Waals surface area contributed by atoms with E-state index in [4.69, 9.17) is 0 Å². The van der Waals surface area contributed by atoms with Gasteiger partial charge in [0.05, 0.1) is 6.33 Å². The average Bonchev–Trinajstić information content (AvgIpc) is 2.82. The fraction of sp³-hybridized carbons (Fsp3) is 0.308. The summed E-state index contributed by atoms with van der Waals surface area (Å²) in [5.74, 6) is -0.147. The van der Waals surface area contributed by atoms with Crippen molar-refractivity contribution < 1.29 is 4.39 Å². The zero-order valence-electron chi connectivity index (χ0n) is 9.86. The summed E-state index contributed by atoms with van der Waals surface area (Å²) in [6.45, 7) is 4.16. The van der Waals surface area contributed by atoms with Crippen molar-refractivity contribution in [2.24, 2.45) is 0 Å². The monoisotopic (exact) mass is 233 g/mol. The van der Waals surface area contributed by atoms with Crippen molar-refractivity contribution in [1.29, 1.82) is 0 Å². The summed E-state index contributed by atoms with van der Waals surface area (Å²) in [6.07, 6.45) is 5.43. The van der Waals surface area contributed by atoms with Crippen molar-refractivity contribution in [2.45, 2.75) is 20.0 Å². The number of nitrogens with zero attached hydrogens (tertiary/aromatic N) is 2. The molecule has 3 nitrogen and oxygen atoms in total. The predicted octanol–water partition coefficient (Wildman–Crippen LogP) is 2.12. The summed E-state index contributed by atoms with van der Waals surface area (Å²) in [5, 5.41) is 3.22. The number of aryl methyl sites for hydroxylation is 1. The molecular weight excluding hydrogens is 217 g/mol. The molecular formula is C13H16FN3. The Kier molecular flexibility index (Phi) is 3.88. The lowest BCUT2D eigenvalue weighted by atomic mass is 10.1. The molecule has 0 radical (unpaired) electrons. The molecule has 90 valence electrons. The lowest BCUT2D eigenvalue weighted by molar-refractivity contribution is 0.564. The van der Waals surface area contributed by atoms with Crippen molar-refractivity contribution in [2.75, 3.05) is 6.54 Å². The number of halogens is 1. The second kappa shape index (κ2) is 5.59. The van der Waals surface area contributed by atoms with Crippen LogP contribution < -0.4 is 5.32 Å². The van der Waals surface area contributed by atoms with Gasteiger partial charge < -0.3 is 9.88 Å². The molecule has 0 amide bonds. The molecule has 0 saturated carbocycles. The standard InChI is InChI=1S/C13H16FN3/c1-11-2-3-13(14)12(8-11)9-15-4-6-17-7-5-16-10-17/h2-3,5,7-8,10,15H,4,6,9H2,1H3. The van der Waals surface area contributed by atoms with Crippen LogP contribution in [0.25, 0.3) is 0 Å². The van der Waals surface area contributed by atoms with E-state index in [1.807, 2.05) is 23.8 Å². The normalized spacial score (nSPS) is 10.7. The molecule has 2 rings (SSSR count). The van der Waals surface area contributed by atoms with Gasteiger partial charge in [0.1, 0.15) is 5.82 Å². The molecule has 0 bridgehead atoms. The lowest BCUT2D eigenvalue weighted by Gasteiger charge is -2.07. The first-order valence-electron chi connectivity index (χ1n) is 5.67. The molecule has 0 spiro atoms. The number of nitrogens with one attached hydrogen (secondary N) is 1. The molecule has 0 saturated heterocycles. The first kappa shape index (κ1) is 11.8. The lowest BCUT2D eigenvalue weighted by Crippen LogP contribution is -2.19. The number of benzene rings is 1. The zero-order chi connectivity index (χ0) is 12.1. The second-order valence-electron chi connectivity index (χ2n) is 4.07. The van der Waals surface area contributed by atoms with Crippen LogP contribution in [-0.2, 0) is 13.1 Å². The maximum Gasteiger partial charge on any atom is 0.127 e. The molecule has 0 unspecified atom stereocenters. The molecule has 1 aromatic carbocycles. The van der Waals surface area contributed by atoms with Crippen molar-refractivity contribution >= 4 is 0 Å². The van der Waals surface area contributed by atoms with Crippen LogP contribution in [0, 0.1) is 12.7 Å². The van der Waals surface area contributed by atoms with Gasteiger partial charge in [0.15, 0.2) is 0 Å². The van der Waals surface area contributed by atoms with Gasteiger partial charge in [-0.15, -0.1) is 0 Å². The summed E-state index contributed by atoms with van der Waals surface area (Å²) in [6, 6.07) is 5.17. The van der Waals surface area contributed by atoms with Crippen LogP contribution in [0.1, 0.15) is 11.1 Å². The van der Waals surface area contributed by atoms with Gasteiger partial charge in [0, 0.05) is 37.6 Å². The highest BCUT2D eigenvalue weighted by atomic mass is 19.1. The van der Waals surface area contributed by atoms with Crippen LogP contribution in [0.3, 0.4) is 0 Å². The third kappa shape index (κ3) is 3.39. The Hall–Kier alpha value is -1.68. The molecule has 0 aliphatic carbocycles. The summed E-state index contributed by atoms with van der Waals surface area (Å²) < 4.78 is 15.4. The minimum atomic E-state index is -0.147. The van der Waals surface area contributed by atoms with E-state index >= 15 is 0 Å². The van der Waals surface area contributed by atoms with Crippen molar-refractivity contribution in [3.05, 3.63) is 53.9 Å². The molecule has 1 aromatic heterocycles. The van der Waals surface area contributed by atoms with Crippen LogP contribution in [0.2, 0.25) is 0 Å². The zero-order valence-corrected chi connectivity index (χ0v) is 9.86. The van der Waals surface area contributed by atoms with E-state index in [9.17, 15) is 4.39 Å². The number of rotatable bonds is 5. The molecule has 17 heavy (non-hydrogen) atoms. The van der Waals surface area contributed by atoms with Gasteiger partial charge in [-0.3, -0.25) is 0 Å². The SMILES string of the molecule is Cc1ccc(F)c(CNCCn2ccnc2)c1. The van der Waals surface area contributed by atoms with E-state index in [0.29, 0.717) is 6.54 Å². The van der Waals surface area contributed by atoms with Gasteiger partial charge in [-0.1, -0.05) is 17.7 Å². The summed E-state index contributed by atoms with van der Waals surface area (Å²) in [7, 11) is 0. The topological polar surface area (TPSA) is 29.9 Å². The fourth-order valence-electron chi connectivity index (χ4n) is 1.69. The maximum atomic E-state index is 13.4. The molecule has 4 heteroatoms. The van der Waals surface area contributed by atoms with Gasteiger partial charge >= 0.3 is 0 Å². The van der Waals surface area contributed by atoms with E-state index in [2.05, 4.69) is 10.3 Å². The van der Waals surface area contributed by atoms with Gasteiger partial charge in [0.2, 0.25) is 0 Å². The molecule has 0 fully saturated rings. The van der Waals surface area contributed by atoms with Crippen molar-refractivity contribution in [3.8, 4) is 0 Å². The Labute approximate surface area is 100 Å². The number of hydrogen-bond donors (Lipinski definition) is 1. The smallest absolute Gasteiger partial charge is 0.127 e. The third-order valence-corrected chi connectivity index (χ3v) is 2.62. The maximum absolute atomic E-state index is 13.4. The number of hydrogen-bond acceptors (Lipinski definition) is 2. The quantitative estimate of drug-likeness (QED) is 0.802. The highest BCUT2D eigenvalue weighted by Gasteiger charge is 2.01. The minimum Gasteiger partial charge on any atom is -0.336 e. The van der Waals surface area contributed by atoms with Crippen LogP contribution in [0.5, 0.6) is 0 Å². The van der Waals surface area contributed by atoms with Crippen LogP contribution >= 0.6 is 0 Å². The minimum absolute atomic E-state index is 0.147. The van der Waals surface area contributed by atoms with Crippen molar-refractivity contribution in [1.82, 2.24) is 14.9 Å². The molecule has 0 aliphatic heterocycles. The van der Waals surface area contributed by atoms with Crippen molar-refractivity contribution in [3.63, 3.8) is 0 Å². The largest absolute Gasteiger partial charge is 0.336 e. The number of imidazole rings is 1. The first-order valence-corrected chi connectivity index (χ1v) is 5.67. The summed E-state index contributed by atoms with van der Waals surface area (Å²) in [4.78, 5) is 3.96. The summed E-state index contributed by atoms with van der Waals surface area (Å²) in [5.41, 5.74) is 1.80. The van der Waals surface area contributed by atoms with Gasteiger partial charge in [-0.25, -0.2) is 9.37 Å². The van der Waals surface area contributed by atoms with Crippen LogP contribution in [0.15, 0.2) is 36.9 Å². The highest BCUT2D eigenvalue weighted by molar-refractivity contribution is 5.23. The molecule has 0 aliphatic rings. The van der Waals surface area contributed by atoms with E-state index in [1.165, 1.54) is 6.07 Å². The Morgan fingerprint density at radius 3 is 3.06 bits per heavy atom. The molecule has 0 atom stereocenters. The van der Waals surface area contributed by atoms with E-state index in [-0.39, 0.29) is 5.82 Å². The summed E-state index contributed by atoms with van der Waals surface area (Å²) >= 11 is 0.